The van der Waals surface area contributed by atoms with Crippen molar-refractivity contribution in [2.75, 3.05) is 23.7 Å². The van der Waals surface area contributed by atoms with Crippen LogP contribution in [0.2, 0.25) is 0 Å². The zero-order valence-electron chi connectivity index (χ0n) is 22.9. The highest BCUT2D eigenvalue weighted by atomic mass is 32.2. The van der Waals surface area contributed by atoms with Gasteiger partial charge in [-0.1, -0.05) is 43.3 Å². The van der Waals surface area contributed by atoms with Gasteiger partial charge in [0.2, 0.25) is 21.8 Å². The first kappa shape index (κ1) is 30.2. The van der Waals surface area contributed by atoms with Crippen molar-refractivity contribution in [3.8, 4) is 5.75 Å². The third-order valence-corrected chi connectivity index (χ3v) is 7.54. The van der Waals surface area contributed by atoms with E-state index in [2.05, 4.69) is 5.32 Å². The monoisotopic (exact) mass is 531 g/mol. The quantitative estimate of drug-likeness (QED) is 0.393. The number of nitrogens with zero attached hydrogens (tertiary/aromatic N) is 2. The first-order valence-corrected chi connectivity index (χ1v) is 14.7. The number of aryl methyl sites for hydroxylation is 1. The molecule has 0 saturated carbocycles. The van der Waals surface area contributed by atoms with Gasteiger partial charge in [-0.25, -0.2) is 8.42 Å². The van der Waals surface area contributed by atoms with Gasteiger partial charge in [-0.05, 0) is 63.8 Å². The van der Waals surface area contributed by atoms with Gasteiger partial charge < -0.3 is 15.0 Å². The Kier molecular flexibility index (Phi) is 11.4. The van der Waals surface area contributed by atoms with Crippen LogP contribution in [-0.2, 0) is 26.2 Å². The Morgan fingerprint density at radius 3 is 2.30 bits per heavy atom. The van der Waals surface area contributed by atoms with Crippen molar-refractivity contribution in [3.63, 3.8) is 0 Å². The molecule has 0 unspecified atom stereocenters. The van der Waals surface area contributed by atoms with Crippen LogP contribution in [0.1, 0.15) is 58.1 Å². The average Bonchev–Trinajstić information content (AvgIpc) is 2.85. The van der Waals surface area contributed by atoms with Gasteiger partial charge in [-0.3, -0.25) is 13.9 Å². The highest BCUT2D eigenvalue weighted by Gasteiger charge is 2.28. The number of amides is 2. The van der Waals surface area contributed by atoms with E-state index in [1.165, 1.54) is 4.31 Å². The van der Waals surface area contributed by atoms with Crippen LogP contribution in [0.15, 0.2) is 48.5 Å². The average molecular weight is 532 g/mol. The van der Waals surface area contributed by atoms with E-state index in [0.717, 1.165) is 23.8 Å². The first-order chi connectivity index (χ1) is 17.5. The summed E-state index contributed by atoms with van der Waals surface area (Å²) in [4.78, 5) is 28.0. The molecule has 2 aromatic carbocycles. The number of nitrogens with one attached hydrogen (secondary N) is 1. The lowest BCUT2D eigenvalue weighted by Crippen LogP contribution is -2.49. The molecule has 9 heteroatoms. The van der Waals surface area contributed by atoms with E-state index in [1.807, 2.05) is 52.0 Å². The molecule has 2 amide bonds. The van der Waals surface area contributed by atoms with Crippen LogP contribution in [-0.4, -0.2) is 56.6 Å². The zero-order chi connectivity index (χ0) is 27.6. The Hall–Kier alpha value is -3.07. The zero-order valence-corrected chi connectivity index (χ0v) is 23.7. The van der Waals surface area contributed by atoms with Crippen molar-refractivity contribution in [2.45, 2.75) is 72.5 Å². The Morgan fingerprint density at radius 2 is 1.68 bits per heavy atom. The number of anilines is 1. The summed E-state index contributed by atoms with van der Waals surface area (Å²) in [5.41, 5.74) is 2.44. The second-order valence-corrected chi connectivity index (χ2v) is 11.2. The molecule has 0 bridgehead atoms. The molecule has 0 aliphatic heterocycles. The normalized spacial score (nSPS) is 12.9. The minimum Gasteiger partial charge on any atom is -0.492 e. The maximum atomic E-state index is 13.5. The fourth-order valence-electron chi connectivity index (χ4n) is 3.94. The predicted octanol–water partition coefficient (Wildman–Crippen LogP) is 4.27. The Labute approximate surface area is 222 Å². The number of carbonyl (C=O) groups excluding carboxylic acids is 2. The summed E-state index contributed by atoms with van der Waals surface area (Å²) in [5, 5.41) is 2.96. The van der Waals surface area contributed by atoms with Crippen LogP contribution in [0.4, 0.5) is 5.69 Å². The third-order valence-electron chi connectivity index (χ3n) is 6.36. The van der Waals surface area contributed by atoms with E-state index in [1.54, 1.807) is 36.1 Å². The Bertz CT molecular complexity index is 1150. The van der Waals surface area contributed by atoms with Gasteiger partial charge >= 0.3 is 0 Å². The van der Waals surface area contributed by atoms with Gasteiger partial charge in [0.15, 0.2) is 0 Å². The van der Waals surface area contributed by atoms with Crippen molar-refractivity contribution < 1.29 is 22.7 Å². The van der Waals surface area contributed by atoms with Crippen molar-refractivity contribution in [1.82, 2.24) is 10.2 Å². The third kappa shape index (κ3) is 8.77. The highest BCUT2D eigenvalue weighted by Crippen LogP contribution is 2.30. The summed E-state index contributed by atoms with van der Waals surface area (Å²) in [6.07, 6.45) is 2.31. The maximum absolute atomic E-state index is 13.5. The van der Waals surface area contributed by atoms with Gasteiger partial charge in [0.1, 0.15) is 11.8 Å². The lowest BCUT2D eigenvalue weighted by molar-refractivity contribution is -0.140. The van der Waals surface area contributed by atoms with E-state index in [4.69, 9.17) is 4.74 Å². The van der Waals surface area contributed by atoms with E-state index in [0.29, 0.717) is 24.6 Å². The molecule has 0 aromatic heterocycles. The number of benzene rings is 2. The molecule has 0 heterocycles. The number of hydrogen-bond acceptors (Lipinski definition) is 5. The SMILES string of the molecule is CCOc1ccccc1N(CCCC(=O)N(Cc1ccccc1C)[C@H](C)C(=O)N[C@H](C)CC)S(C)(=O)=O. The Balaban J connectivity index is 2.22. The van der Waals surface area contributed by atoms with Crippen LogP contribution >= 0.6 is 0 Å². The predicted molar refractivity (Wildman–Crippen MR) is 148 cm³/mol. The molecule has 2 atom stereocenters. The molecule has 0 fully saturated rings. The second kappa shape index (κ2) is 14.0. The van der Waals surface area contributed by atoms with Crippen LogP contribution in [0.3, 0.4) is 0 Å². The topological polar surface area (TPSA) is 96.0 Å². The van der Waals surface area contributed by atoms with E-state index >= 15 is 0 Å². The molecule has 1 N–H and O–H groups in total. The van der Waals surface area contributed by atoms with Crippen LogP contribution < -0.4 is 14.4 Å². The van der Waals surface area contributed by atoms with Crippen LogP contribution in [0.5, 0.6) is 5.75 Å². The van der Waals surface area contributed by atoms with Crippen molar-refractivity contribution >= 4 is 27.5 Å². The van der Waals surface area contributed by atoms with Gasteiger partial charge in [0.05, 0.1) is 18.6 Å². The van der Waals surface area contributed by atoms with Gasteiger partial charge in [0.25, 0.3) is 0 Å². The number of ether oxygens (including phenoxy) is 1. The summed E-state index contributed by atoms with van der Waals surface area (Å²) in [6.45, 7) is 10.3. The molecule has 37 heavy (non-hydrogen) atoms. The molecule has 2 rings (SSSR count). The number of sulfonamides is 1. The molecule has 0 aliphatic carbocycles. The summed E-state index contributed by atoms with van der Waals surface area (Å²) >= 11 is 0. The maximum Gasteiger partial charge on any atom is 0.242 e. The highest BCUT2D eigenvalue weighted by molar-refractivity contribution is 7.92. The summed E-state index contributed by atoms with van der Waals surface area (Å²) in [7, 11) is -3.61. The number of carbonyl (C=O) groups is 2. The standard InChI is InChI=1S/C28H41N3O5S/c1-7-22(4)29-28(33)23(5)30(20-24-15-10-9-14-21(24)3)27(32)18-13-19-31(37(6,34)35)25-16-11-12-17-26(25)36-8-2/h9-12,14-17,22-23H,7-8,13,18-20H2,1-6H3,(H,29,33)/t22-,23-/m1/s1. The summed E-state index contributed by atoms with van der Waals surface area (Å²) in [6, 6.07) is 14.1. The molecule has 0 radical (unpaired) electrons. The summed E-state index contributed by atoms with van der Waals surface area (Å²) < 4.78 is 32.2. The van der Waals surface area contributed by atoms with E-state index in [9.17, 15) is 18.0 Å². The molecule has 2 aromatic rings. The number of rotatable bonds is 14. The van der Waals surface area contributed by atoms with Crippen molar-refractivity contribution in [1.29, 1.82) is 0 Å². The lowest BCUT2D eigenvalue weighted by atomic mass is 10.1. The smallest absolute Gasteiger partial charge is 0.242 e. The molecule has 8 nitrogen and oxygen atoms in total. The van der Waals surface area contributed by atoms with Crippen molar-refractivity contribution in [3.05, 3.63) is 59.7 Å². The first-order valence-electron chi connectivity index (χ1n) is 12.8. The van der Waals surface area contributed by atoms with E-state index < -0.39 is 16.1 Å². The van der Waals surface area contributed by atoms with Crippen LogP contribution in [0.25, 0.3) is 0 Å². The van der Waals surface area contributed by atoms with Gasteiger partial charge in [-0.2, -0.15) is 0 Å². The molecule has 0 spiro atoms. The fourth-order valence-corrected chi connectivity index (χ4v) is 4.91. The van der Waals surface area contributed by atoms with Crippen LogP contribution in [0, 0.1) is 6.92 Å². The largest absolute Gasteiger partial charge is 0.492 e. The minimum absolute atomic E-state index is 0.000842. The molecule has 0 aliphatic rings. The van der Waals surface area contributed by atoms with Gasteiger partial charge in [0, 0.05) is 25.6 Å². The number of para-hydroxylation sites is 2. The molecular formula is C28H41N3O5S. The fraction of sp³-hybridized carbons (Fsp3) is 0.500. The number of hydrogen-bond donors (Lipinski definition) is 1. The molecule has 0 saturated heterocycles. The van der Waals surface area contributed by atoms with E-state index in [-0.39, 0.29) is 37.2 Å². The summed E-state index contributed by atoms with van der Waals surface area (Å²) in [5.74, 6) is 0.0551. The van der Waals surface area contributed by atoms with Crippen molar-refractivity contribution in [2.24, 2.45) is 0 Å². The minimum atomic E-state index is -3.61. The molecular weight excluding hydrogens is 490 g/mol. The molecule has 204 valence electrons. The Morgan fingerprint density at radius 1 is 1.03 bits per heavy atom. The van der Waals surface area contributed by atoms with Gasteiger partial charge in [-0.15, -0.1) is 0 Å². The lowest BCUT2D eigenvalue weighted by Gasteiger charge is -2.30. The second-order valence-electron chi connectivity index (χ2n) is 9.28.